The number of likely N-dealkylation sites (tertiary alicyclic amines) is 1. The molecule has 80 valence electrons. The third-order valence-electron chi connectivity index (χ3n) is 2.26. The van der Waals surface area contributed by atoms with E-state index in [4.69, 9.17) is 28.3 Å². The molecule has 15 heavy (non-hydrogen) atoms. The highest BCUT2D eigenvalue weighted by Crippen LogP contribution is 2.21. The first-order chi connectivity index (χ1) is 7.06. The van der Waals surface area contributed by atoms with Crippen LogP contribution in [-0.2, 0) is 0 Å². The lowest BCUT2D eigenvalue weighted by Crippen LogP contribution is -2.53. The first kappa shape index (κ1) is 10.7. The number of nitrogens with zero attached hydrogens (tertiary/aromatic N) is 1. The minimum absolute atomic E-state index is 0.148. The zero-order chi connectivity index (χ0) is 11.0. The molecule has 1 aliphatic rings. The van der Waals surface area contributed by atoms with Gasteiger partial charge in [-0.2, -0.15) is 0 Å². The van der Waals surface area contributed by atoms with Crippen molar-refractivity contribution < 1.29 is 9.90 Å². The second-order valence-electron chi connectivity index (χ2n) is 3.52. The van der Waals surface area contributed by atoms with E-state index in [-0.39, 0.29) is 5.91 Å². The molecule has 0 spiro atoms. The Balaban J connectivity index is 2.18. The Labute approximate surface area is 97.2 Å². The van der Waals surface area contributed by atoms with Crippen LogP contribution < -0.4 is 0 Å². The van der Waals surface area contributed by atoms with Crippen LogP contribution in [0.2, 0.25) is 10.0 Å². The summed E-state index contributed by atoms with van der Waals surface area (Å²) in [5, 5.41) is 9.95. The Morgan fingerprint density at radius 1 is 1.27 bits per heavy atom. The highest BCUT2D eigenvalue weighted by molar-refractivity contribution is 6.35. The molecule has 1 saturated heterocycles. The molecule has 0 radical (unpaired) electrons. The van der Waals surface area contributed by atoms with Crippen molar-refractivity contribution >= 4 is 29.1 Å². The molecule has 2 rings (SSSR count). The van der Waals surface area contributed by atoms with Crippen molar-refractivity contribution in [3.63, 3.8) is 0 Å². The molecule has 0 bridgehead atoms. The van der Waals surface area contributed by atoms with Gasteiger partial charge >= 0.3 is 0 Å². The number of aliphatic hydroxyl groups is 1. The van der Waals surface area contributed by atoms with E-state index in [1.54, 1.807) is 23.1 Å². The molecule has 3 nitrogen and oxygen atoms in total. The summed E-state index contributed by atoms with van der Waals surface area (Å²) in [6, 6.07) is 4.71. The summed E-state index contributed by atoms with van der Waals surface area (Å²) in [6.45, 7) is 0.756. The van der Waals surface area contributed by atoms with Gasteiger partial charge in [0.25, 0.3) is 5.91 Å². The zero-order valence-electron chi connectivity index (χ0n) is 7.78. The number of β-amino-alcohol motifs (C(OH)–C–C–N with tert-alkyl or cyclic N) is 1. The highest BCUT2D eigenvalue weighted by Gasteiger charge is 2.29. The predicted molar refractivity (Wildman–Crippen MR) is 58.4 cm³/mol. The maximum absolute atomic E-state index is 11.8. The van der Waals surface area contributed by atoms with E-state index >= 15 is 0 Å². The number of amides is 1. The third-order valence-corrected chi connectivity index (χ3v) is 2.70. The molecule has 0 unspecified atom stereocenters. The molecule has 5 heteroatoms. The first-order valence-electron chi connectivity index (χ1n) is 4.49. The van der Waals surface area contributed by atoms with E-state index in [0.29, 0.717) is 28.7 Å². The third kappa shape index (κ3) is 2.25. The van der Waals surface area contributed by atoms with Crippen molar-refractivity contribution in [1.82, 2.24) is 4.90 Å². The van der Waals surface area contributed by atoms with Crippen molar-refractivity contribution in [2.45, 2.75) is 6.10 Å². The number of rotatable bonds is 1. The lowest BCUT2D eigenvalue weighted by Gasteiger charge is -2.35. The highest BCUT2D eigenvalue weighted by atomic mass is 35.5. The summed E-state index contributed by atoms with van der Waals surface area (Å²) in [4.78, 5) is 13.3. The molecule has 1 aromatic rings. The quantitative estimate of drug-likeness (QED) is 0.820. The van der Waals surface area contributed by atoms with E-state index in [1.165, 1.54) is 0 Å². The van der Waals surface area contributed by atoms with Crippen LogP contribution in [0.3, 0.4) is 0 Å². The minimum atomic E-state index is -0.399. The SMILES string of the molecule is O=C(c1cc(Cl)cc(Cl)c1)N1CC(O)C1. The Bertz CT molecular complexity index is 382. The van der Waals surface area contributed by atoms with Crippen LogP contribution in [0.25, 0.3) is 0 Å². The van der Waals surface area contributed by atoms with Crippen molar-refractivity contribution in [3.05, 3.63) is 33.8 Å². The van der Waals surface area contributed by atoms with Crippen LogP contribution in [0.4, 0.5) is 0 Å². The number of carbonyl (C=O) groups excluding carboxylic acids is 1. The van der Waals surface area contributed by atoms with Gasteiger partial charge in [0.1, 0.15) is 0 Å². The van der Waals surface area contributed by atoms with Crippen LogP contribution >= 0.6 is 23.2 Å². The average Bonchev–Trinajstić information content (AvgIpc) is 2.10. The van der Waals surface area contributed by atoms with Crippen molar-refractivity contribution in [3.8, 4) is 0 Å². The second-order valence-corrected chi connectivity index (χ2v) is 4.39. The molecule has 0 aromatic heterocycles. The summed E-state index contributed by atoms with van der Waals surface area (Å²) < 4.78 is 0. The molecule has 0 atom stereocenters. The lowest BCUT2D eigenvalue weighted by atomic mass is 10.1. The van der Waals surface area contributed by atoms with E-state index in [9.17, 15) is 4.79 Å². The summed E-state index contributed by atoms with van der Waals surface area (Å²) >= 11 is 11.6. The summed E-state index contributed by atoms with van der Waals surface area (Å²) in [5.74, 6) is -0.148. The lowest BCUT2D eigenvalue weighted by molar-refractivity contribution is 0.00590. The van der Waals surface area contributed by atoms with Crippen LogP contribution in [0, 0.1) is 0 Å². The molecule has 1 aliphatic heterocycles. The molecule has 1 amide bonds. The normalized spacial score (nSPS) is 16.3. The number of carbonyl (C=O) groups is 1. The molecule has 0 aliphatic carbocycles. The van der Waals surface area contributed by atoms with E-state index in [0.717, 1.165) is 0 Å². The maximum atomic E-state index is 11.8. The van der Waals surface area contributed by atoms with Gasteiger partial charge in [0, 0.05) is 28.7 Å². The molecule has 1 N–H and O–H groups in total. The van der Waals surface area contributed by atoms with Gasteiger partial charge in [-0.3, -0.25) is 4.79 Å². The molecule has 1 aromatic carbocycles. The van der Waals surface area contributed by atoms with E-state index in [1.807, 2.05) is 0 Å². The Hall–Kier alpha value is -0.770. The monoisotopic (exact) mass is 245 g/mol. The average molecular weight is 246 g/mol. The largest absolute Gasteiger partial charge is 0.389 e. The van der Waals surface area contributed by atoms with Crippen molar-refractivity contribution in [2.75, 3.05) is 13.1 Å². The number of hydrogen-bond acceptors (Lipinski definition) is 2. The zero-order valence-corrected chi connectivity index (χ0v) is 9.29. The molecule has 0 saturated carbocycles. The van der Waals surface area contributed by atoms with Gasteiger partial charge in [0.05, 0.1) is 6.10 Å². The van der Waals surface area contributed by atoms with E-state index in [2.05, 4.69) is 0 Å². The maximum Gasteiger partial charge on any atom is 0.254 e. The second kappa shape index (κ2) is 4.00. The minimum Gasteiger partial charge on any atom is -0.389 e. The Morgan fingerprint density at radius 3 is 2.27 bits per heavy atom. The van der Waals surface area contributed by atoms with E-state index < -0.39 is 6.10 Å². The van der Waals surface area contributed by atoms with Crippen LogP contribution in [0.1, 0.15) is 10.4 Å². The predicted octanol–water partition coefficient (Wildman–Crippen LogP) is 1.81. The van der Waals surface area contributed by atoms with Crippen molar-refractivity contribution in [2.24, 2.45) is 0 Å². The van der Waals surface area contributed by atoms with Crippen molar-refractivity contribution in [1.29, 1.82) is 0 Å². The van der Waals surface area contributed by atoms with Gasteiger partial charge in [-0.1, -0.05) is 23.2 Å². The Morgan fingerprint density at radius 2 is 1.80 bits per heavy atom. The first-order valence-corrected chi connectivity index (χ1v) is 5.25. The fourth-order valence-electron chi connectivity index (χ4n) is 1.48. The smallest absolute Gasteiger partial charge is 0.254 e. The summed E-state index contributed by atoms with van der Waals surface area (Å²) in [5.41, 5.74) is 0.458. The molecular formula is C10H9Cl2NO2. The number of benzene rings is 1. The molecule has 1 heterocycles. The fourth-order valence-corrected chi connectivity index (χ4v) is 2.01. The number of halogens is 2. The van der Waals surface area contributed by atoms with Crippen LogP contribution in [0.15, 0.2) is 18.2 Å². The Kier molecular flexibility index (Phi) is 2.87. The van der Waals surface area contributed by atoms with Gasteiger partial charge in [-0.25, -0.2) is 0 Å². The molecular weight excluding hydrogens is 237 g/mol. The van der Waals surface area contributed by atoms with Gasteiger partial charge < -0.3 is 10.0 Å². The van der Waals surface area contributed by atoms with Gasteiger partial charge in [0.15, 0.2) is 0 Å². The van der Waals surface area contributed by atoms with Gasteiger partial charge in [-0.15, -0.1) is 0 Å². The topological polar surface area (TPSA) is 40.5 Å². The standard InChI is InChI=1S/C10H9Cl2NO2/c11-7-1-6(2-8(12)3-7)10(15)13-4-9(14)5-13/h1-3,9,14H,4-5H2. The van der Waals surface area contributed by atoms with Crippen LogP contribution in [0.5, 0.6) is 0 Å². The van der Waals surface area contributed by atoms with Crippen LogP contribution in [-0.4, -0.2) is 35.1 Å². The summed E-state index contributed by atoms with van der Waals surface area (Å²) in [6.07, 6.45) is -0.399. The molecule has 1 fully saturated rings. The fraction of sp³-hybridized carbons (Fsp3) is 0.300. The van der Waals surface area contributed by atoms with Gasteiger partial charge in [-0.05, 0) is 18.2 Å². The van der Waals surface area contributed by atoms with Gasteiger partial charge in [0.2, 0.25) is 0 Å². The number of aliphatic hydroxyl groups excluding tert-OH is 1. The summed E-state index contributed by atoms with van der Waals surface area (Å²) in [7, 11) is 0. The number of hydrogen-bond donors (Lipinski definition) is 1.